The molecular formula is C12H16O2. The fraction of sp³-hybridized carbons (Fsp3) is 0.500. The monoisotopic (exact) mass is 192 g/mol. The first kappa shape index (κ1) is 9.69. The normalized spacial score (nSPS) is 25.0. The second kappa shape index (κ2) is 4.11. The third-order valence-corrected chi connectivity index (χ3v) is 2.72. The lowest BCUT2D eigenvalue weighted by Gasteiger charge is -2.10. The molecule has 2 atom stereocenters. The van der Waals surface area contributed by atoms with Gasteiger partial charge in [-0.2, -0.15) is 0 Å². The lowest BCUT2D eigenvalue weighted by atomic mass is 10.0. The van der Waals surface area contributed by atoms with Crippen molar-refractivity contribution < 1.29 is 9.84 Å². The minimum Gasteiger partial charge on any atom is -0.364 e. The molecule has 0 fully saturated rings. The van der Waals surface area contributed by atoms with Crippen molar-refractivity contribution >= 4 is 0 Å². The van der Waals surface area contributed by atoms with Crippen LogP contribution in [0.2, 0.25) is 0 Å². The second-order valence-electron chi connectivity index (χ2n) is 3.75. The van der Waals surface area contributed by atoms with E-state index in [4.69, 9.17) is 4.74 Å². The quantitative estimate of drug-likeness (QED) is 0.797. The van der Waals surface area contributed by atoms with Crippen molar-refractivity contribution in [3.63, 3.8) is 0 Å². The second-order valence-corrected chi connectivity index (χ2v) is 3.75. The van der Waals surface area contributed by atoms with Crippen molar-refractivity contribution in [2.24, 2.45) is 0 Å². The molecule has 1 aliphatic rings. The molecule has 0 spiro atoms. The highest BCUT2D eigenvalue weighted by Gasteiger charge is 2.28. The van der Waals surface area contributed by atoms with Gasteiger partial charge in [0, 0.05) is 5.56 Å². The maximum atomic E-state index is 9.63. The van der Waals surface area contributed by atoms with Gasteiger partial charge in [0.05, 0.1) is 6.10 Å². The summed E-state index contributed by atoms with van der Waals surface area (Å²) in [5, 5.41) is 9.63. The van der Waals surface area contributed by atoms with Gasteiger partial charge in [-0.05, 0) is 12.0 Å². The lowest BCUT2D eigenvalue weighted by Crippen LogP contribution is -1.97. The standard InChI is InChI=1S/C12H16O2/c1-2-3-8-11-9-6-4-5-7-10(9)12(13)14-11/h4-7,11-13H,2-3,8H2,1H3/t11-,12?/m1/s1. The number of ether oxygens (including phenoxy) is 1. The van der Waals surface area contributed by atoms with Crippen LogP contribution < -0.4 is 0 Å². The van der Waals surface area contributed by atoms with Crippen LogP contribution in [0.25, 0.3) is 0 Å². The van der Waals surface area contributed by atoms with Gasteiger partial charge in [0.1, 0.15) is 0 Å². The zero-order valence-electron chi connectivity index (χ0n) is 8.44. The largest absolute Gasteiger partial charge is 0.364 e. The zero-order valence-corrected chi connectivity index (χ0v) is 8.44. The summed E-state index contributed by atoms with van der Waals surface area (Å²) in [5.74, 6) is 0. The number of hydrogen-bond acceptors (Lipinski definition) is 2. The summed E-state index contributed by atoms with van der Waals surface area (Å²) in [4.78, 5) is 0. The summed E-state index contributed by atoms with van der Waals surface area (Å²) in [6.07, 6.45) is 2.70. The van der Waals surface area contributed by atoms with E-state index in [1.54, 1.807) is 0 Å². The number of fused-ring (bicyclic) bond motifs is 1. The molecule has 0 amide bonds. The summed E-state index contributed by atoms with van der Waals surface area (Å²) < 4.78 is 5.49. The molecule has 0 bridgehead atoms. The first-order chi connectivity index (χ1) is 6.83. The Morgan fingerprint density at radius 1 is 1.29 bits per heavy atom. The van der Waals surface area contributed by atoms with E-state index in [0.29, 0.717) is 0 Å². The molecule has 2 nitrogen and oxygen atoms in total. The van der Waals surface area contributed by atoms with E-state index in [-0.39, 0.29) is 6.10 Å². The molecule has 1 aromatic carbocycles. The van der Waals surface area contributed by atoms with Gasteiger partial charge in [-0.15, -0.1) is 0 Å². The van der Waals surface area contributed by atoms with Gasteiger partial charge in [-0.1, -0.05) is 44.0 Å². The van der Waals surface area contributed by atoms with Gasteiger partial charge in [0.2, 0.25) is 0 Å². The van der Waals surface area contributed by atoms with E-state index in [0.717, 1.165) is 30.4 Å². The minimum absolute atomic E-state index is 0.0983. The van der Waals surface area contributed by atoms with Gasteiger partial charge < -0.3 is 9.84 Å². The summed E-state index contributed by atoms with van der Waals surface area (Å²) in [5.41, 5.74) is 2.10. The number of hydrogen-bond donors (Lipinski definition) is 1. The molecule has 1 N–H and O–H groups in total. The van der Waals surface area contributed by atoms with E-state index in [1.165, 1.54) is 0 Å². The van der Waals surface area contributed by atoms with E-state index in [1.807, 2.05) is 24.3 Å². The molecule has 0 saturated carbocycles. The van der Waals surface area contributed by atoms with Crippen LogP contribution in [0.5, 0.6) is 0 Å². The molecule has 0 radical (unpaired) electrons. The smallest absolute Gasteiger partial charge is 0.182 e. The molecule has 2 rings (SSSR count). The lowest BCUT2D eigenvalue weighted by molar-refractivity contribution is -0.122. The van der Waals surface area contributed by atoms with Crippen LogP contribution in [0.4, 0.5) is 0 Å². The summed E-state index contributed by atoms with van der Waals surface area (Å²) in [6, 6.07) is 7.92. The van der Waals surface area contributed by atoms with Crippen molar-refractivity contribution in [1.82, 2.24) is 0 Å². The Hall–Kier alpha value is -0.860. The van der Waals surface area contributed by atoms with Crippen LogP contribution in [0.1, 0.15) is 49.7 Å². The van der Waals surface area contributed by atoms with Crippen molar-refractivity contribution in [3.05, 3.63) is 35.4 Å². The predicted molar refractivity (Wildman–Crippen MR) is 54.8 cm³/mol. The van der Waals surface area contributed by atoms with Crippen LogP contribution in [0.15, 0.2) is 24.3 Å². The van der Waals surface area contributed by atoms with E-state index in [9.17, 15) is 5.11 Å². The van der Waals surface area contributed by atoms with Gasteiger partial charge >= 0.3 is 0 Å². The Morgan fingerprint density at radius 3 is 2.71 bits per heavy atom. The van der Waals surface area contributed by atoms with E-state index < -0.39 is 6.29 Å². The zero-order chi connectivity index (χ0) is 9.97. The molecule has 76 valence electrons. The fourth-order valence-corrected chi connectivity index (χ4v) is 1.94. The summed E-state index contributed by atoms with van der Waals surface area (Å²) in [7, 11) is 0. The number of benzene rings is 1. The van der Waals surface area contributed by atoms with Crippen molar-refractivity contribution in [1.29, 1.82) is 0 Å². The Morgan fingerprint density at radius 2 is 2.00 bits per heavy atom. The average Bonchev–Trinajstić information content (AvgIpc) is 2.54. The van der Waals surface area contributed by atoms with Crippen LogP contribution in [-0.4, -0.2) is 5.11 Å². The predicted octanol–water partition coefficient (Wildman–Crippen LogP) is 2.94. The molecule has 2 heteroatoms. The summed E-state index contributed by atoms with van der Waals surface area (Å²) >= 11 is 0. The molecule has 1 aliphatic heterocycles. The molecule has 0 aliphatic carbocycles. The summed E-state index contributed by atoms with van der Waals surface area (Å²) in [6.45, 7) is 2.16. The van der Waals surface area contributed by atoms with Crippen LogP contribution in [0.3, 0.4) is 0 Å². The first-order valence-electron chi connectivity index (χ1n) is 5.25. The van der Waals surface area contributed by atoms with E-state index >= 15 is 0 Å². The van der Waals surface area contributed by atoms with Gasteiger partial charge in [-0.25, -0.2) is 0 Å². The maximum Gasteiger partial charge on any atom is 0.182 e. The number of rotatable bonds is 3. The molecule has 1 unspecified atom stereocenters. The highest BCUT2D eigenvalue weighted by Crippen LogP contribution is 2.39. The average molecular weight is 192 g/mol. The Kier molecular flexibility index (Phi) is 2.85. The first-order valence-corrected chi connectivity index (χ1v) is 5.25. The third-order valence-electron chi connectivity index (χ3n) is 2.72. The van der Waals surface area contributed by atoms with Gasteiger partial charge in [0.25, 0.3) is 0 Å². The number of aliphatic hydroxyl groups is 1. The molecular weight excluding hydrogens is 176 g/mol. The Labute approximate surface area is 84.5 Å². The van der Waals surface area contributed by atoms with Gasteiger partial charge in [0.15, 0.2) is 6.29 Å². The minimum atomic E-state index is -0.715. The van der Waals surface area contributed by atoms with Gasteiger partial charge in [-0.3, -0.25) is 0 Å². The highest BCUT2D eigenvalue weighted by molar-refractivity contribution is 5.33. The van der Waals surface area contributed by atoms with Crippen LogP contribution in [-0.2, 0) is 4.74 Å². The Balaban J connectivity index is 2.17. The fourth-order valence-electron chi connectivity index (χ4n) is 1.94. The molecule has 1 heterocycles. The molecule has 0 saturated heterocycles. The molecule has 0 aromatic heterocycles. The molecule has 1 aromatic rings. The number of aliphatic hydroxyl groups excluding tert-OH is 1. The SMILES string of the molecule is CCCC[C@H]1OC(O)c2ccccc21. The van der Waals surface area contributed by atoms with Crippen LogP contribution >= 0.6 is 0 Å². The third kappa shape index (κ3) is 1.68. The Bertz CT molecular complexity index is 309. The van der Waals surface area contributed by atoms with E-state index in [2.05, 4.69) is 6.92 Å². The topological polar surface area (TPSA) is 29.5 Å². The van der Waals surface area contributed by atoms with Crippen molar-refractivity contribution in [3.8, 4) is 0 Å². The van der Waals surface area contributed by atoms with Crippen molar-refractivity contribution in [2.45, 2.75) is 38.6 Å². The van der Waals surface area contributed by atoms with Crippen LogP contribution in [0, 0.1) is 0 Å². The number of unbranched alkanes of at least 4 members (excludes halogenated alkanes) is 1. The highest BCUT2D eigenvalue weighted by atomic mass is 16.6. The maximum absolute atomic E-state index is 9.63. The van der Waals surface area contributed by atoms with Crippen molar-refractivity contribution in [2.75, 3.05) is 0 Å². The molecule has 14 heavy (non-hydrogen) atoms.